The van der Waals surface area contributed by atoms with Crippen LogP contribution < -0.4 is 0 Å². The van der Waals surface area contributed by atoms with Gasteiger partial charge in [0, 0.05) is 17.8 Å². The van der Waals surface area contributed by atoms with Gasteiger partial charge >= 0.3 is 5.97 Å². The number of aliphatic hydroxyl groups is 1. The number of aromatic nitrogens is 1. The molecule has 16 heavy (non-hydrogen) atoms. The Kier molecular flexibility index (Phi) is 4.27. The van der Waals surface area contributed by atoms with Crippen molar-refractivity contribution >= 4 is 17.8 Å². The van der Waals surface area contributed by atoms with Gasteiger partial charge in [-0.15, -0.1) is 0 Å². The summed E-state index contributed by atoms with van der Waals surface area (Å²) in [6, 6.07) is 3.34. The summed E-state index contributed by atoms with van der Waals surface area (Å²) in [5.74, 6) is -0.437. The fourth-order valence-electron chi connectivity index (χ4n) is 1.02. The van der Waals surface area contributed by atoms with Crippen LogP contribution in [0.25, 0.3) is 11.8 Å². The lowest BCUT2D eigenvalue weighted by Gasteiger charge is -1.98. The quantitative estimate of drug-likeness (QED) is 0.479. The molecule has 0 spiro atoms. The molecule has 0 radical (unpaired) electrons. The summed E-state index contributed by atoms with van der Waals surface area (Å²) in [6.07, 6.45) is 4.33. The molecular weight excluding hydrogens is 206 g/mol. The highest BCUT2D eigenvalue weighted by atomic mass is 16.5. The second kappa shape index (κ2) is 5.70. The first-order valence-electron chi connectivity index (χ1n) is 4.82. The predicted molar refractivity (Wildman–Crippen MR) is 61.6 cm³/mol. The first-order valence-corrected chi connectivity index (χ1v) is 4.82. The maximum atomic E-state index is 11.0. The van der Waals surface area contributed by atoms with Crippen LogP contribution in [0.1, 0.15) is 18.2 Å². The van der Waals surface area contributed by atoms with Gasteiger partial charge in [0.2, 0.25) is 0 Å². The Hall–Kier alpha value is -2.10. The third kappa shape index (κ3) is 3.57. The summed E-state index contributed by atoms with van der Waals surface area (Å²) in [5.41, 5.74) is 1.16. The Morgan fingerprint density at radius 1 is 1.62 bits per heavy atom. The lowest BCUT2D eigenvalue weighted by molar-refractivity contribution is -0.137. The SMILES string of the molecule is C=C(O)c1ccc(/C=C/C(=O)OCC)nc1. The topological polar surface area (TPSA) is 59.4 Å². The summed E-state index contributed by atoms with van der Waals surface area (Å²) in [4.78, 5) is 15.0. The molecule has 84 valence electrons. The molecule has 1 heterocycles. The minimum absolute atomic E-state index is 0.0339. The van der Waals surface area contributed by atoms with Gasteiger partial charge in [-0.1, -0.05) is 6.58 Å². The fourth-order valence-corrected chi connectivity index (χ4v) is 1.02. The van der Waals surface area contributed by atoms with E-state index in [-0.39, 0.29) is 5.76 Å². The zero-order chi connectivity index (χ0) is 12.0. The van der Waals surface area contributed by atoms with E-state index in [0.29, 0.717) is 17.9 Å². The van der Waals surface area contributed by atoms with E-state index in [0.717, 1.165) is 0 Å². The van der Waals surface area contributed by atoms with Crippen molar-refractivity contribution in [1.29, 1.82) is 0 Å². The summed E-state index contributed by atoms with van der Waals surface area (Å²) < 4.78 is 4.72. The molecule has 0 fully saturated rings. The van der Waals surface area contributed by atoms with Crippen LogP contribution in [-0.2, 0) is 9.53 Å². The molecule has 0 bridgehead atoms. The van der Waals surface area contributed by atoms with Gasteiger partial charge in [-0.2, -0.15) is 0 Å². The Morgan fingerprint density at radius 3 is 2.88 bits per heavy atom. The number of rotatable bonds is 4. The molecule has 0 saturated carbocycles. The van der Waals surface area contributed by atoms with Crippen molar-refractivity contribution < 1.29 is 14.6 Å². The molecular formula is C12H13NO3. The van der Waals surface area contributed by atoms with Gasteiger partial charge in [-0.3, -0.25) is 4.98 Å². The number of esters is 1. The average molecular weight is 219 g/mol. The molecule has 0 atom stereocenters. The van der Waals surface area contributed by atoms with E-state index in [1.807, 2.05) is 0 Å². The Balaban J connectivity index is 2.68. The predicted octanol–water partition coefficient (Wildman–Crippen LogP) is 2.19. The van der Waals surface area contributed by atoms with E-state index in [4.69, 9.17) is 9.84 Å². The van der Waals surface area contributed by atoms with Crippen LogP contribution in [0, 0.1) is 0 Å². The number of hydrogen-bond acceptors (Lipinski definition) is 4. The lowest BCUT2D eigenvalue weighted by Crippen LogP contribution is -1.98. The van der Waals surface area contributed by atoms with Crippen LogP contribution in [-0.4, -0.2) is 22.7 Å². The Bertz CT molecular complexity index is 407. The standard InChI is InChI=1S/C12H13NO3/c1-3-16-12(15)7-6-11-5-4-10(8-13-11)9(2)14/h4-8,14H,2-3H2,1H3/b7-6+. The zero-order valence-electron chi connectivity index (χ0n) is 9.01. The van der Waals surface area contributed by atoms with Crippen molar-refractivity contribution in [1.82, 2.24) is 4.98 Å². The molecule has 0 aliphatic carbocycles. The first-order chi connectivity index (χ1) is 7.63. The third-order valence-corrected chi connectivity index (χ3v) is 1.80. The van der Waals surface area contributed by atoms with Crippen molar-refractivity contribution in [2.75, 3.05) is 6.61 Å². The van der Waals surface area contributed by atoms with Crippen molar-refractivity contribution in [2.45, 2.75) is 6.92 Å². The Labute approximate surface area is 93.9 Å². The highest BCUT2D eigenvalue weighted by molar-refractivity contribution is 5.86. The minimum Gasteiger partial charge on any atom is -0.508 e. The number of pyridine rings is 1. The van der Waals surface area contributed by atoms with Crippen molar-refractivity contribution in [3.63, 3.8) is 0 Å². The largest absolute Gasteiger partial charge is 0.508 e. The summed E-state index contributed by atoms with van der Waals surface area (Å²) in [6.45, 7) is 5.47. The first kappa shape index (κ1) is 12.0. The van der Waals surface area contributed by atoms with Crippen molar-refractivity contribution in [3.05, 3.63) is 42.2 Å². The molecule has 0 aliphatic heterocycles. The number of nitrogens with zero attached hydrogens (tertiary/aromatic N) is 1. The summed E-state index contributed by atoms with van der Waals surface area (Å²) in [5, 5.41) is 9.08. The van der Waals surface area contributed by atoms with Crippen LogP contribution in [0.3, 0.4) is 0 Å². The van der Waals surface area contributed by atoms with E-state index >= 15 is 0 Å². The number of carbonyl (C=O) groups is 1. The number of carbonyl (C=O) groups excluding carboxylic acids is 1. The molecule has 4 nitrogen and oxygen atoms in total. The normalized spacial score (nSPS) is 10.3. The number of ether oxygens (including phenoxy) is 1. The van der Waals surface area contributed by atoms with Crippen LogP contribution in [0.2, 0.25) is 0 Å². The molecule has 1 rings (SSSR count). The third-order valence-electron chi connectivity index (χ3n) is 1.80. The van der Waals surface area contributed by atoms with Gasteiger partial charge in [-0.05, 0) is 25.1 Å². The smallest absolute Gasteiger partial charge is 0.330 e. The summed E-state index contributed by atoms with van der Waals surface area (Å²) in [7, 11) is 0. The van der Waals surface area contributed by atoms with Gasteiger partial charge in [-0.25, -0.2) is 4.79 Å². The van der Waals surface area contributed by atoms with Crippen LogP contribution in [0.5, 0.6) is 0 Å². The highest BCUT2D eigenvalue weighted by Crippen LogP contribution is 2.08. The van der Waals surface area contributed by atoms with Gasteiger partial charge in [0.15, 0.2) is 0 Å². The van der Waals surface area contributed by atoms with E-state index < -0.39 is 5.97 Å². The van der Waals surface area contributed by atoms with Crippen LogP contribution in [0.15, 0.2) is 31.0 Å². The highest BCUT2D eigenvalue weighted by Gasteiger charge is 1.97. The van der Waals surface area contributed by atoms with E-state index in [9.17, 15) is 4.79 Å². The minimum atomic E-state index is -0.403. The van der Waals surface area contributed by atoms with Crippen LogP contribution >= 0.6 is 0 Å². The van der Waals surface area contributed by atoms with Gasteiger partial charge in [0.05, 0.1) is 12.3 Å². The second-order valence-corrected chi connectivity index (χ2v) is 3.00. The fraction of sp³-hybridized carbons (Fsp3) is 0.167. The molecule has 0 unspecified atom stereocenters. The summed E-state index contributed by atoms with van der Waals surface area (Å²) >= 11 is 0. The number of hydrogen-bond donors (Lipinski definition) is 1. The second-order valence-electron chi connectivity index (χ2n) is 3.00. The number of aliphatic hydroxyl groups excluding tert-OH is 1. The molecule has 0 amide bonds. The average Bonchev–Trinajstić information content (AvgIpc) is 2.27. The van der Waals surface area contributed by atoms with E-state index in [1.54, 1.807) is 25.1 Å². The van der Waals surface area contributed by atoms with E-state index in [2.05, 4.69) is 11.6 Å². The van der Waals surface area contributed by atoms with Crippen molar-refractivity contribution in [2.24, 2.45) is 0 Å². The maximum absolute atomic E-state index is 11.0. The molecule has 0 aromatic carbocycles. The van der Waals surface area contributed by atoms with Crippen molar-refractivity contribution in [3.8, 4) is 0 Å². The molecule has 4 heteroatoms. The molecule has 1 N–H and O–H groups in total. The van der Waals surface area contributed by atoms with Crippen LogP contribution in [0.4, 0.5) is 0 Å². The molecule has 1 aromatic rings. The van der Waals surface area contributed by atoms with Gasteiger partial charge in [0.25, 0.3) is 0 Å². The molecule has 1 aromatic heterocycles. The maximum Gasteiger partial charge on any atom is 0.330 e. The van der Waals surface area contributed by atoms with Gasteiger partial charge < -0.3 is 9.84 Å². The molecule has 0 saturated heterocycles. The monoisotopic (exact) mass is 219 g/mol. The van der Waals surface area contributed by atoms with Gasteiger partial charge in [0.1, 0.15) is 5.76 Å². The Morgan fingerprint density at radius 2 is 2.38 bits per heavy atom. The zero-order valence-corrected chi connectivity index (χ0v) is 9.01. The molecule has 0 aliphatic rings. The van der Waals surface area contributed by atoms with E-state index in [1.165, 1.54) is 12.3 Å². The lowest BCUT2D eigenvalue weighted by atomic mass is 10.2.